The Morgan fingerprint density at radius 2 is 2.21 bits per heavy atom. The van der Waals surface area contributed by atoms with Crippen LogP contribution in [-0.4, -0.2) is 22.6 Å². The van der Waals surface area contributed by atoms with Crippen molar-refractivity contribution in [3.8, 4) is 0 Å². The molecule has 0 bridgehead atoms. The summed E-state index contributed by atoms with van der Waals surface area (Å²) in [6.45, 7) is 1.77. The Morgan fingerprint density at radius 1 is 1.47 bits per heavy atom. The molecule has 0 radical (unpaired) electrons. The maximum absolute atomic E-state index is 12.4. The van der Waals surface area contributed by atoms with E-state index in [0.29, 0.717) is 23.1 Å². The van der Waals surface area contributed by atoms with Gasteiger partial charge >= 0.3 is 5.97 Å². The van der Waals surface area contributed by atoms with E-state index in [9.17, 15) is 9.59 Å². The molecule has 6 heteroatoms. The van der Waals surface area contributed by atoms with Crippen molar-refractivity contribution in [3.05, 3.63) is 38.9 Å². The molecule has 2 rings (SSSR count). The van der Waals surface area contributed by atoms with Crippen LogP contribution in [0.25, 0.3) is 10.9 Å². The van der Waals surface area contributed by atoms with Crippen molar-refractivity contribution < 1.29 is 9.53 Å². The number of aryl methyl sites for hydroxylation is 1. The molecule has 0 fully saturated rings. The Balaban J connectivity index is 2.70. The monoisotopic (exact) mass is 324 g/mol. The van der Waals surface area contributed by atoms with Gasteiger partial charge in [-0.05, 0) is 18.2 Å². The molecule has 2 aromatic rings. The van der Waals surface area contributed by atoms with Crippen molar-refractivity contribution in [2.75, 3.05) is 7.11 Å². The van der Waals surface area contributed by atoms with E-state index in [-0.39, 0.29) is 12.1 Å². The van der Waals surface area contributed by atoms with E-state index in [1.54, 1.807) is 12.1 Å². The number of hydrogen-bond donors (Lipinski definition) is 0. The standard InChI is InChI=1S/C13H13BrN2O3/c1-3-11-15-10-5-4-8(14)6-9(10)13(18)16(11)7-12(17)19-2/h4-6H,3,7H2,1-2H3. The molecule has 0 spiro atoms. The number of halogens is 1. The molecule has 0 amide bonds. The first kappa shape index (κ1) is 13.7. The summed E-state index contributed by atoms with van der Waals surface area (Å²) in [5, 5.41) is 0.482. The molecule has 0 aliphatic rings. The van der Waals surface area contributed by atoms with Crippen molar-refractivity contribution in [2.24, 2.45) is 0 Å². The first-order chi connectivity index (χ1) is 9.06. The van der Waals surface area contributed by atoms with Gasteiger partial charge in [0.05, 0.1) is 18.0 Å². The van der Waals surface area contributed by atoms with Gasteiger partial charge in [-0.3, -0.25) is 14.2 Å². The van der Waals surface area contributed by atoms with E-state index in [0.717, 1.165) is 4.47 Å². The van der Waals surface area contributed by atoms with Gasteiger partial charge < -0.3 is 4.74 Å². The van der Waals surface area contributed by atoms with E-state index in [4.69, 9.17) is 0 Å². The van der Waals surface area contributed by atoms with E-state index in [2.05, 4.69) is 25.7 Å². The van der Waals surface area contributed by atoms with Gasteiger partial charge in [0.15, 0.2) is 0 Å². The highest BCUT2D eigenvalue weighted by Gasteiger charge is 2.13. The molecule has 1 aromatic heterocycles. The van der Waals surface area contributed by atoms with Crippen LogP contribution >= 0.6 is 15.9 Å². The average molecular weight is 325 g/mol. The van der Waals surface area contributed by atoms with Gasteiger partial charge in [0.2, 0.25) is 0 Å². The van der Waals surface area contributed by atoms with Gasteiger partial charge in [-0.2, -0.15) is 0 Å². The minimum atomic E-state index is -0.465. The molecule has 0 N–H and O–H groups in total. The Hall–Kier alpha value is -1.69. The molecule has 1 heterocycles. The zero-order chi connectivity index (χ0) is 14.0. The summed E-state index contributed by atoms with van der Waals surface area (Å²) in [7, 11) is 1.30. The molecule has 0 saturated heterocycles. The number of carbonyl (C=O) groups is 1. The predicted molar refractivity (Wildman–Crippen MR) is 75.1 cm³/mol. The van der Waals surface area contributed by atoms with E-state index in [1.165, 1.54) is 11.7 Å². The molecule has 0 atom stereocenters. The summed E-state index contributed by atoms with van der Waals surface area (Å²) in [6.07, 6.45) is 0.568. The van der Waals surface area contributed by atoms with E-state index >= 15 is 0 Å². The first-order valence-electron chi connectivity index (χ1n) is 5.82. The van der Waals surface area contributed by atoms with Crippen LogP contribution in [0.15, 0.2) is 27.5 Å². The minimum absolute atomic E-state index is 0.117. The first-order valence-corrected chi connectivity index (χ1v) is 6.62. The third kappa shape index (κ3) is 2.68. The number of ether oxygens (including phenoxy) is 1. The lowest BCUT2D eigenvalue weighted by atomic mass is 10.2. The highest BCUT2D eigenvalue weighted by atomic mass is 79.9. The minimum Gasteiger partial charge on any atom is -0.468 e. The predicted octanol–water partition coefficient (Wildman–Crippen LogP) is 1.89. The molecule has 0 aliphatic heterocycles. The lowest BCUT2D eigenvalue weighted by molar-refractivity contribution is -0.141. The number of nitrogens with zero attached hydrogens (tertiary/aromatic N) is 2. The summed E-state index contributed by atoms with van der Waals surface area (Å²) >= 11 is 3.32. The van der Waals surface area contributed by atoms with Crippen LogP contribution in [0.3, 0.4) is 0 Å². The number of esters is 1. The van der Waals surface area contributed by atoms with Crippen LogP contribution in [0.1, 0.15) is 12.7 Å². The maximum atomic E-state index is 12.4. The van der Waals surface area contributed by atoms with Crippen molar-refractivity contribution >= 4 is 32.8 Å². The fourth-order valence-electron chi connectivity index (χ4n) is 1.87. The van der Waals surface area contributed by atoms with E-state index < -0.39 is 5.97 Å². The van der Waals surface area contributed by atoms with Crippen LogP contribution < -0.4 is 5.56 Å². The highest BCUT2D eigenvalue weighted by Crippen LogP contribution is 2.16. The number of hydrogen-bond acceptors (Lipinski definition) is 4. The molecular formula is C13H13BrN2O3. The Labute approximate surface area is 118 Å². The number of benzene rings is 1. The van der Waals surface area contributed by atoms with Crippen LogP contribution in [0.5, 0.6) is 0 Å². The van der Waals surface area contributed by atoms with Crippen molar-refractivity contribution in [3.63, 3.8) is 0 Å². The average Bonchev–Trinajstić information content (AvgIpc) is 2.42. The van der Waals surface area contributed by atoms with Crippen molar-refractivity contribution in [1.29, 1.82) is 0 Å². The van der Waals surface area contributed by atoms with Crippen molar-refractivity contribution in [1.82, 2.24) is 9.55 Å². The quantitative estimate of drug-likeness (QED) is 0.809. The summed E-state index contributed by atoms with van der Waals surface area (Å²) in [6, 6.07) is 5.32. The molecular weight excluding hydrogens is 312 g/mol. The Morgan fingerprint density at radius 3 is 2.84 bits per heavy atom. The van der Waals surface area contributed by atoms with E-state index in [1.807, 2.05) is 13.0 Å². The van der Waals surface area contributed by atoms with Crippen LogP contribution in [0, 0.1) is 0 Å². The third-order valence-electron chi connectivity index (χ3n) is 2.83. The molecule has 0 unspecified atom stereocenters. The largest absolute Gasteiger partial charge is 0.468 e. The summed E-state index contributed by atoms with van der Waals surface area (Å²) in [5.41, 5.74) is 0.403. The van der Waals surface area contributed by atoms with Crippen LogP contribution in [0.2, 0.25) is 0 Å². The number of rotatable bonds is 3. The number of fused-ring (bicyclic) bond motifs is 1. The van der Waals surface area contributed by atoms with Gasteiger partial charge in [0, 0.05) is 10.9 Å². The highest BCUT2D eigenvalue weighted by molar-refractivity contribution is 9.10. The number of aromatic nitrogens is 2. The number of carbonyl (C=O) groups excluding carboxylic acids is 1. The molecule has 5 nitrogen and oxygen atoms in total. The van der Waals surface area contributed by atoms with Gasteiger partial charge in [-0.1, -0.05) is 22.9 Å². The smallest absolute Gasteiger partial charge is 0.325 e. The SMILES string of the molecule is CCc1nc2ccc(Br)cc2c(=O)n1CC(=O)OC. The maximum Gasteiger partial charge on any atom is 0.325 e. The van der Waals surface area contributed by atoms with Crippen LogP contribution in [0.4, 0.5) is 0 Å². The lowest BCUT2D eigenvalue weighted by Gasteiger charge is -2.11. The Bertz CT molecular complexity index is 694. The topological polar surface area (TPSA) is 61.2 Å². The second-order valence-corrected chi connectivity index (χ2v) is 4.93. The summed E-state index contributed by atoms with van der Waals surface area (Å²) < 4.78 is 6.77. The fourth-order valence-corrected chi connectivity index (χ4v) is 2.23. The van der Waals surface area contributed by atoms with Gasteiger partial charge in [-0.15, -0.1) is 0 Å². The van der Waals surface area contributed by atoms with Gasteiger partial charge in [0.1, 0.15) is 12.4 Å². The molecule has 1 aromatic carbocycles. The zero-order valence-corrected chi connectivity index (χ0v) is 12.2. The molecule has 0 saturated carbocycles. The number of methoxy groups -OCH3 is 1. The molecule has 100 valence electrons. The summed E-state index contributed by atoms with van der Waals surface area (Å²) in [5.74, 6) is 0.109. The van der Waals surface area contributed by atoms with Crippen molar-refractivity contribution in [2.45, 2.75) is 19.9 Å². The molecule has 0 aliphatic carbocycles. The fraction of sp³-hybridized carbons (Fsp3) is 0.308. The zero-order valence-electron chi connectivity index (χ0n) is 10.6. The normalized spacial score (nSPS) is 10.7. The molecule has 19 heavy (non-hydrogen) atoms. The van der Waals surface area contributed by atoms with Gasteiger partial charge in [0.25, 0.3) is 5.56 Å². The second kappa shape index (κ2) is 5.52. The summed E-state index contributed by atoms with van der Waals surface area (Å²) in [4.78, 5) is 28.2. The van der Waals surface area contributed by atoms with Crippen LogP contribution in [-0.2, 0) is 22.5 Å². The van der Waals surface area contributed by atoms with Gasteiger partial charge in [-0.25, -0.2) is 4.98 Å². The Kier molecular flexibility index (Phi) is 3.99. The second-order valence-electron chi connectivity index (χ2n) is 4.01. The third-order valence-corrected chi connectivity index (χ3v) is 3.32. The lowest BCUT2D eigenvalue weighted by Crippen LogP contribution is -2.29.